The van der Waals surface area contributed by atoms with Crippen molar-refractivity contribution in [1.82, 2.24) is 9.97 Å². The van der Waals surface area contributed by atoms with E-state index in [1.807, 2.05) is 6.92 Å². The van der Waals surface area contributed by atoms with Crippen molar-refractivity contribution in [3.8, 4) is 0 Å². The second kappa shape index (κ2) is 2.40. The van der Waals surface area contributed by atoms with E-state index in [0.717, 1.165) is 5.56 Å². The fraction of sp³-hybridized carbons (Fsp3) is 0.500. The molecule has 1 aromatic rings. The first-order valence-electron chi connectivity index (χ1n) is 3.94. The van der Waals surface area contributed by atoms with Crippen molar-refractivity contribution >= 4 is 5.82 Å². The van der Waals surface area contributed by atoms with Gasteiger partial charge in [-0.15, -0.1) is 0 Å². The van der Waals surface area contributed by atoms with E-state index in [-0.39, 0.29) is 5.92 Å². The molecule has 1 aliphatic rings. The number of aromatic nitrogens is 2. The van der Waals surface area contributed by atoms with Crippen LogP contribution in [-0.4, -0.2) is 9.97 Å². The summed E-state index contributed by atoms with van der Waals surface area (Å²) in [7, 11) is 0. The zero-order chi connectivity index (χ0) is 8.72. The normalized spacial score (nSPS) is 27.2. The summed E-state index contributed by atoms with van der Waals surface area (Å²) in [4.78, 5) is 7.72. The van der Waals surface area contributed by atoms with E-state index in [1.165, 1.54) is 6.33 Å². The van der Waals surface area contributed by atoms with Crippen LogP contribution in [-0.2, 0) is 0 Å². The maximum atomic E-state index is 13.2. The molecule has 0 saturated heterocycles. The first-order valence-corrected chi connectivity index (χ1v) is 3.94. The second-order valence-electron chi connectivity index (χ2n) is 3.16. The summed E-state index contributed by atoms with van der Waals surface area (Å²) in [5, 5.41) is 0. The van der Waals surface area contributed by atoms with Gasteiger partial charge in [0.15, 0.2) is 0 Å². The number of rotatable bonds is 0. The first-order chi connectivity index (χ1) is 5.70. The molecule has 0 bridgehead atoms. The minimum atomic E-state index is -0.958. The van der Waals surface area contributed by atoms with Crippen LogP contribution in [0.15, 0.2) is 6.33 Å². The molecule has 64 valence electrons. The van der Waals surface area contributed by atoms with Crippen LogP contribution >= 0.6 is 0 Å². The lowest BCUT2D eigenvalue weighted by molar-refractivity contribution is 0.326. The summed E-state index contributed by atoms with van der Waals surface area (Å²) in [6.07, 6.45) is 0.845. The third kappa shape index (κ3) is 0.873. The van der Waals surface area contributed by atoms with Crippen LogP contribution in [0.25, 0.3) is 0 Å². The summed E-state index contributed by atoms with van der Waals surface area (Å²) < 4.78 is 13.2. The fourth-order valence-electron chi connectivity index (χ4n) is 1.72. The molecule has 0 aliphatic heterocycles. The van der Waals surface area contributed by atoms with E-state index in [4.69, 9.17) is 5.73 Å². The van der Waals surface area contributed by atoms with Crippen LogP contribution in [0.2, 0.25) is 0 Å². The van der Waals surface area contributed by atoms with Crippen molar-refractivity contribution in [3.05, 3.63) is 17.6 Å². The molecule has 0 fully saturated rings. The number of nitrogen functional groups attached to an aromatic ring is 1. The zero-order valence-electron chi connectivity index (χ0n) is 6.79. The van der Waals surface area contributed by atoms with Gasteiger partial charge in [0.2, 0.25) is 0 Å². The number of fused-ring (bicyclic) bond motifs is 1. The standard InChI is InChI=1S/C8H10FN3/c1-4-2-5(9)7-6(4)8(10)12-3-11-7/h3-5H,2H2,1H3,(H2,10,11,12)/t4?,5-/m0/s1. The Bertz CT molecular complexity index is 313. The van der Waals surface area contributed by atoms with Crippen molar-refractivity contribution in [3.63, 3.8) is 0 Å². The average Bonchev–Trinajstić information content (AvgIpc) is 2.29. The smallest absolute Gasteiger partial charge is 0.143 e. The van der Waals surface area contributed by atoms with Gasteiger partial charge in [-0.05, 0) is 12.3 Å². The molecule has 0 amide bonds. The largest absolute Gasteiger partial charge is 0.383 e. The Morgan fingerprint density at radius 2 is 2.33 bits per heavy atom. The Hall–Kier alpha value is -1.19. The lowest BCUT2D eigenvalue weighted by Gasteiger charge is -2.04. The van der Waals surface area contributed by atoms with Gasteiger partial charge in [-0.25, -0.2) is 14.4 Å². The Morgan fingerprint density at radius 3 is 3.00 bits per heavy atom. The lowest BCUT2D eigenvalue weighted by atomic mass is 10.1. The monoisotopic (exact) mass is 167 g/mol. The molecule has 0 saturated carbocycles. The van der Waals surface area contributed by atoms with Gasteiger partial charge in [0, 0.05) is 5.56 Å². The Kier molecular flexibility index (Phi) is 1.49. The average molecular weight is 167 g/mol. The highest BCUT2D eigenvalue weighted by molar-refractivity contribution is 5.47. The third-order valence-electron chi connectivity index (χ3n) is 2.30. The van der Waals surface area contributed by atoms with Crippen LogP contribution in [0.1, 0.15) is 36.7 Å². The Morgan fingerprint density at radius 1 is 1.58 bits per heavy atom. The number of hydrogen-bond acceptors (Lipinski definition) is 3. The molecular formula is C8H10FN3. The van der Waals surface area contributed by atoms with Gasteiger partial charge < -0.3 is 5.73 Å². The summed E-state index contributed by atoms with van der Waals surface area (Å²) in [6, 6.07) is 0. The van der Waals surface area contributed by atoms with Gasteiger partial charge in [-0.2, -0.15) is 0 Å². The maximum absolute atomic E-state index is 13.2. The molecule has 1 unspecified atom stereocenters. The second-order valence-corrected chi connectivity index (χ2v) is 3.16. The van der Waals surface area contributed by atoms with E-state index < -0.39 is 6.17 Å². The molecule has 2 rings (SSSR count). The molecule has 0 spiro atoms. The number of halogens is 1. The molecule has 2 atom stereocenters. The molecule has 1 aromatic heterocycles. The molecule has 4 heteroatoms. The fourth-order valence-corrected chi connectivity index (χ4v) is 1.72. The van der Waals surface area contributed by atoms with Crippen LogP contribution in [0, 0.1) is 0 Å². The van der Waals surface area contributed by atoms with Gasteiger partial charge in [-0.1, -0.05) is 6.92 Å². The molecule has 1 aliphatic carbocycles. The van der Waals surface area contributed by atoms with Gasteiger partial charge in [-0.3, -0.25) is 0 Å². The van der Waals surface area contributed by atoms with Gasteiger partial charge >= 0.3 is 0 Å². The Balaban J connectivity index is 2.59. The summed E-state index contributed by atoms with van der Waals surface area (Å²) >= 11 is 0. The van der Waals surface area contributed by atoms with Crippen LogP contribution in [0.3, 0.4) is 0 Å². The predicted molar refractivity (Wildman–Crippen MR) is 43.3 cm³/mol. The molecule has 3 nitrogen and oxygen atoms in total. The van der Waals surface area contributed by atoms with Crippen molar-refractivity contribution in [1.29, 1.82) is 0 Å². The summed E-state index contributed by atoms with van der Waals surface area (Å²) in [5.74, 6) is 0.573. The summed E-state index contributed by atoms with van der Waals surface area (Å²) in [5.41, 5.74) is 6.88. The Labute approximate surface area is 69.8 Å². The highest BCUT2D eigenvalue weighted by atomic mass is 19.1. The minimum Gasteiger partial charge on any atom is -0.383 e. The molecule has 12 heavy (non-hydrogen) atoms. The van der Waals surface area contributed by atoms with Crippen LogP contribution in [0.4, 0.5) is 10.2 Å². The minimum absolute atomic E-state index is 0.149. The highest BCUT2D eigenvalue weighted by Gasteiger charge is 2.31. The maximum Gasteiger partial charge on any atom is 0.143 e. The number of anilines is 1. The number of alkyl halides is 1. The SMILES string of the molecule is CC1C[C@H](F)c2ncnc(N)c21. The van der Waals surface area contributed by atoms with Crippen molar-refractivity contribution in [2.75, 3.05) is 5.73 Å². The van der Waals surface area contributed by atoms with Gasteiger partial charge in [0.05, 0.1) is 5.69 Å². The van der Waals surface area contributed by atoms with Crippen LogP contribution < -0.4 is 5.73 Å². The molecular weight excluding hydrogens is 157 g/mol. The van der Waals surface area contributed by atoms with E-state index in [2.05, 4.69) is 9.97 Å². The van der Waals surface area contributed by atoms with E-state index in [9.17, 15) is 4.39 Å². The molecule has 2 N–H and O–H groups in total. The lowest BCUT2D eigenvalue weighted by Crippen LogP contribution is -2.00. The molecule has 0 radical (unpaired) electrons. The topological polar surface area (TPSA) is 51.8 Å². The van der Waals surface area contributed by atoms with Crippen molar-refractivity contribution in [2.24, 2.45) is 0 Å². The van der Waals surface area contributed by atoms with Gasteiger partial charge in [0.1, 0.15) is 18.3 Å². The zero-order valence-corrected chi connectivity index (χ0v) is 6.79. The van der Waals surface area contributed by atoms with E-state index >= 15 is 0 Å². The molecule has 0 aromatic carbocycles. The highest BCUT2D eigenvalue weighted by Crippen LogP contribution is 2.42. The van der Waals surface area contributed by atoms with Gasteiger partial charge in [0.25, 0.3) is 0 Å². The third-order valence-corrected chi connectivity index (χ3v) is 2.30. The van der Waals surface area contributed by atoms with Crippen molar-refractivity contribution in [2.45, 2.75) is 25.4 Å². The van der Waals surface area contributed by atoms with Crippen LogP contribution in [0.5, 0.6) is 0 Å². The number of nitrogens with zero attached hydrogens (tertiary/aromatic N) is 2. The first kappa shape index (κ1) is 7.46. The molecule has 1 heterocycles. The van der Waals surface area contributed by atoms with E-state index in [0.29, 0.717) is 17.9 Å². The quantitative estimate of drug-likeness (QED) is 0.638. The number of hydrogen-bond donors (Lipinski definition) is 1. The predicted octanol–water partition coefficient (Wildman–Crippen LogP) is 1.58. The summed E-state index contributed by atoms with van der Waals surface area (Å²) in [6.45, 7) is 1.94. The van der Waals surface area contributed by atoms with E-state index in [1.54, 1.807) is 0 Å². The number of nitrogens with two attached hydrogens (primary N) is 1. The van der Waals surface area contributed by atoms with Crippen molar-refractivity contribution < 1.29 is 4.39 Å².